The van der Waals surface area contributed by atoms with Crippen LogP contribution in [-0.4, -0.2) is 13.0 Å². The van der Waals surface area contributed by atoms with Crippen molar-refractivity contribution in [2.75, 3.05) is 12.4 Å². The van der Waals surface area contributed by atoms with Crippen LogP contribution in [-0.2, 0) is 11.2 Å². The fourth-order valence-electron chi connectivity index (χ4n) is 3.21. The molecule has 0 fully saturated rings. The second kappa shape index (κ2) is 8.43. The summed E-state index contributed by atoms with van der Waals surface area (Å²) in [6.45, 7) is 0. The van der Waals surface area contributed by atoms with Crippen molar-refractivity contribution in [1.82, 2.24) is 0 Å². The molecule has 0 aliphatic heterocycles. The summed E-state index contributed by atoms with van der Waals surface area (Å²) in [6, 6.07) is 20.8. The average Bonchev–Trinajstić information content (AvgIpc) is 2.75. The third-order valence-corrected chi connectivity index (χ3v) is 4.92. The summed E-state index contributed by atoms with van der Waals surface area (Å²) in [4.78, 5) is 25.0. The van der Waals surface area contributed by atoms with Gasteiger partial charge in [0, 0.05) is 22.8 Å². The van der Waals surface area contributed by atoms with Gasteiger partial charge in [-0.15, -0.1) is 0 Å². The van der Waals surface area contributed by atoms with Gasteiger partial charge in [-0.2, -0.15) is 0 Å². The largest absolute Gasteiger partial charge is 0.496 e. The maximum atomic E-state index is 12.6. The Kier molecular flexibility index (Phi) is 5.55. The van der Waals surface area contributed by atoms with Crippen LogP contribution < -0.4 is 15.5 Å². The highest BCUT2D eigenvalue weighted by molar-refractivity contribution is 6.30. The smallest absolute Gasteiger partial charge is 0.228 e. The molecular formula is C24H18ClNO4. The van der Waals surface area contributed by atoms with Crippen LogP contribution in [0.2, 0.25) is 5.02 Å². The minimum absolute atomic E-state index is 0.170. The SMILES string of the molecule is COc1ccccc1-c1cc(=O)c2ccc(NC(=O)Cc3ccc(Cl)cc3)cc2o1. The van der Waals surface area contributed by atoms with E-state index in [-0.39, 0.29) is 17.8 Å². The monoisotopic (exact) mass is 419 g/mol. The van der Waals surface area contributed by atoms with Crippen molar-refractivity contribution >= 4 is 34.2 Å². The topological polar surface area (TPSA) is 68.5 Å². The standard InChI is InChI=1S/C24H18ClNO4/c1-29-21-5-3-2-4-19(21)23-14-20(27)18-11-10-17(13-22(18)30-23)26-24(28)12-15-6-8-16(25)9-7-15/h2-11,13-14H,12H2,1H3,(H,26,28). The van der Waals surface area contributed by atoms with Gasteiger partial charge in [-0.25, -0.2) is 0 Å². The Morgan fingerprint density at radius 3 is 2.57 bits per heavy atom. The third kappa shape index (κ3) is 4.21. The molecule has 0 saturated heterocycles. The number of ether oxygens (including phenoxy) is 1. The number of amides is 1. The fourth-order valence-corrected chi connectivity index (χ4v) is 3.33. The van der Waals surface area contributed by atoms with Crippen molar-refractivity contribution in [3.05, 3.63) is 93.6 Å². The highest BCUT2D eigenvalue weighted by Gasteiger charge is 2.12. The Morgan fingerprint density at radius 2 is 1.80 bits per heavy atom. The molecule has 1 amide bonds. The Hall–Kier alpha value is -3.57. The van der Waals surface area contributed by atoms with Crippen LogP contribution in [0.4, 0.5) is 5.69 Å². The van der Waals surface area contributed by atoms with Crippen molar-refractivity contribution in [3.63, 3.8) is 0 Å². The maximum absolute atomic E-state index is 12.6. The Balaban J connectivity index is 1.63. The summed E-state index contributed by atoms with van der Waals surface area (Å²) in [5, 5.41) is 3.89. The van der Waals surface area contributed by atoms with Gasteiger partial charge in [-0.05, 0) is 42.0 Å². The molecule has 1 N–H and O–H groups in total. The lowest BCUT2D eigenvalue weighted by Crippen LogP contribution is -2.14. The number of carbonyl (C=O) groups excluding carboxylic acids is 1. The molecule has 1 heterocycles. The number of rotatable bonds is 5. The molecule has 150 valence electrons. The molecule has 0 aliphatic carbocycles. The molecule has 4 rings (SSSR count). The molecule has 0 unspecified atom stereocenters. The summed E-state index contributed by atoms with van der Waals surface area (Å²) in [5.74, 6) is 0.821. The summed E-state index contributed by atoms with van der Waals surface area (Å²) < 4.78 is 11.3. The van der Waals surface area contributed by atoms with Crippen molar-refractivity contribution in [2.24, 2.45) is 0 Å². The predicted molar refractivity (Wildman–Crippen MR) is 118 cm³/mol. The predicted octanol–water partition coefficient (Wildman–Crippen LogP) is 5.30. The lowest BCUT2D eigenvalue weighted by Gasteiger charge is -2.09. The van der Waals surface area contributed by atoms with Gasteiger partial charge < -0.3 is 14.5 Å². The van der Waals surface area contributed by atoms with Crippen LogP contribution >= 0.6 is 11.6 Å². The number of nitrogens with one attached hydrogen (secondary N) is 1. The van der Waals surface area contributed by atoms with E-state index in [0.29, 0.717) is 38.8 Å². The number of anilines is 1. The molecule has 30 heavy (non-hydrogen) atoms. The molecule has 0 saturated carbocycles. The third-order valence-electron chi connectivity index (χ3n) is 4.66. The van der Waals surface area contributed by atoms with Crippen LogP contribution in [0.5, 0.6) is 5.75 Å². The minimum Gasteiger partial charge on any atom is -0.496 e. The fraction of sp³-hybridized carbons (Fsp3) is 0.0833. The van der Waals surface area contributed by atoms with Crippen LogP contribution in [0.3, 0.4) is 0 Å². The Morgan fingerprint density at radius 1 is 1.03 bits per heavy atom. The zero-order chi connectivity index (χ0) is 21.1. The minimum atomic E-state index is -0.181. The number of carbonyl (C=O) groups is 1. The molecule has 0 bridgehead atoms. The number of para-hydroxylation sites is 1. The Bertz CT molecular complexity index is 1280. The highest BCUT2D eigenvalue weighted by atomic mass is 35.5. The van der Waals surface area contributed by atoms with Gasteiger partial charge in [0.15, 0.2) is 5.43 Å². The molecule has 1 aromatic heterocycles. The lowest BCUT2D eigenvalue weighted by atomic mass is 10.1. The van der Waals surface area contributed by atoms with Gasteiger partial charge in [0.05, 0.1) is 24.5 Å². The highest BCUT2D eigenvalue weighted by Crippen LogP contribution is 2.31. The van der Waals surface area contributed by atoms with Gasteiger partial charge in [-0.1, -0.05) is 35.9 Å². The number of fused-ring (bicyclic) bond motifs is 1. The van der Waals surface area contributed by atoms with Crippen LogP contribution in [0.25, 0.3) is 22.3 Å². The van der Waals surface area contributed by atoms with Crippen LogP contribution in [0, 0.1) is 0 Å². The second-order valence-electron chi connectivity index (χ2n) is 6.74. The summed E-state index contributed by atoms with van der Waals surface area (Å²) >= 11 is 5.88. The van der Waals surface area contributed by atoms with Crippen molar-refractivity contribution in [2.45, 2.75) is 6.42 Å². The molecule has 0 aliphatic rings. The molecular weight excluding hydrogens is 402 g/mol. The molecule has 6 heteroatoms. The van der Waals surface area contributed by atoms with Gasteiger partial charge in [-0.3, -0.25) is 9.59 Å². The van der Waals surface area contributed by atoms with Gasteiger partial charge in [0.2, 0.25) is 5.91 Å². The molecule has 4 aromatic rings. The first kappa shape index (κ1) is 19.7. The summed E-state index contributed by atoms with van der Waals surface area (Å²) in [5.41, 5.74) is 2.28. The lowest BCUT2D eigenvalue weighted by molar-refractivity contribution is -0.115. The van der Waals surface area contributed by atoms with Gasteiger partial charge in [0.25, 0.3) is 0 Å². The average molecular weight is 420 g/mol. The first-order valence-corrected chi connectivity index (χ1v) is 9.67. The van der Waals surface area contributed by atoms with Crippen LogP contribution in [0.15, 0.2) is 82.0 Å². The maximum Gasteiger partial charge on any atom is 0.228 e. The van der Waals surface area contributed by atoms with E-state index in [0.717, 1.165) is 5.56 Å². The number of benzene rings is 3. The quantitative estimate of drug-likeness (QED) is 0.476. The summed E-state index contributed by atoms with van der Waals surface area (Å²) in [7, 11) is 1.56. The van der Waals surface area contributed by atoms with Crippen molar-refractivity contribution < 1.29 is 13.9 Å². The second-order valence-corrected chi connectivity index (χ2v) is 7.17. The summed E-state index contributed by atoms with van der Waals surface area (Å²) in [6.07, 6.45) is 0.209. The zero-order valence-electron chi connectivity index (χ0n) is 16.1. The van der Waals surface area contributed by atoms with E-state index < -0.39 is 0 Å². The molecule has 0 radical (unpaired) electrons. The first-order valence-electron chi connectivity index (χ1n) is 9.29. The van der Waals surface area contributed by atoms with E-state index >= 15 is 0 Å². The normalized spacial score (nSPS) is 10.7. The molecule has 3 aromatic carbocycles. The van der Waals surface area contributed by atoms with Crippen molar-refractivity contribution in [1.29, 1.82) is 0 Å². The first-order chi connectivity index (χ1) is 14.5. The molecule has 0 atom stereocenters. The van der Waals surface area contributed by atoms with E-state index in [1.54, 1.807) is 55.6 Å². The molecule has 5 nitrogen and oxygen atoms in total. The van der Waals surface area contributed by atoms with E-state index in [2.05, 4.69) is 5.32 Å². The van der Waals surface area contributed by atoms with E-state index in [1.807, 2.05) is 18.2 Å². The number of hydrogen-bond acceptors (Lipinski definition) is 4. The van der Waals surface area contributed by atoms with Gasteiger partial charge >= 0.3 is 0 Å². The molecule has 0 spiro atoms. The number of halogens is 1. The number of methoxy groups -OCH3 is 1. The van der Waals surface area contributed by atoms with E-state index in [1.165, 1.54) is 6.07 Å². The van der Waals surface area contributed by atoms with E-state index in [9.17, 15) is 9.59 Å². The zero-order valence-corrected chi connectivity index (χ0v) is 16.9. The van der Waals surface area contributed by atoms with Crippen molar-refractivity contribution in [3.8, 4) is 17.1 Å². The van der Waals surface area contributed by atoms with Crippen LogP contribution in [0.1, 0.15) is 5.56 Å². The number of hydrogen-bond donors (Lipinski definition) is 1. The Labute approximate surface area is 177 Å². The van der Waals surface area contributed by atoms with Gasteiger partial charge in [0.1, 0.15) is 17.1 Å². The van der Waals surface area contributed by atoms with E-state index in [4.69, 9.17) is 20.8 Å².